The Morgan fingerprint density at radius 1 is 1.00 bits per heavy atom. The quantitative estimate of drug-likeness (QED) is 0.396. The lowest BCUT2D eigenvalue weighted by Gasteiger charge is -2.13. The smallest absolute Gasteiger partial charge is 0.253 e. The number of aliphatic hydroxyl groups excluding tert-OH is 1. The molecule has 4 N–H and O–H groups in total. The van der Waals surface area contributed by atoms with Crippen LogP contribution >= 0.6 is 0 Å². The summed E-state index contributed by atoms with van der Waals surface area (Å²) in [6.07, 6.45) is 0. The average Bonchev–Trinajstić information content (AvgIpc) is 3.42. The van der Waals surface area contributed by atoms with Crippen LogP contribution in [0.1, 0.15) is 26.3 Å². The predicted molar refractivity (Wildman–Crippen MR) is 122 cm³/mol. The number of primary amides is 1. The molecular formula is C25H21N3O5. The number of benzene rings is 3. The fraction of sp³-hybridized carbons (Fsp3) is 0.120. The van der Waals surface area contributed by atoms with Gasteiger partial charge in [0.2, 0.25) is 6.79 Å². The van der Waals surface area contributed by atoms with Gasteiger partial charge in [0, 0.05) is 28.6 Å². The molecule has 1 aromatic heterocycles. The molecule has 0 unspecified atom stereocenters. The Bertz CT molecular complexity index is 1380. The predicted octanol–water partition coefficient (Wildman–Crippen LogP) is 2.86. The Morgan fingerprint density at radius 3 is 2.52 bits per heavy atom. The van der Waals surface area contributed by atoms with Crippen LogP contribution in [0.3, 0.4) is 0 Å². The summed E-state index contributed by atoms with van der Waals surface area (Å²) in [5, 5.41) is 12.0. The van der Waals surface area contributed by atoms with Gasteiger partial charge in [0.15, 0.2) is 11.5 Å². The average molecular weight is 443 g/mol. The normalized spacial score (nSPS) is 12.2. The first-order valence-corrected chi connectivity index (χ1v) is 10.4. The van der Waals surface area contributed by atoms with Gasteiger partial charge in [-0.2, -0.15) is 0 Å². The highest BCUT2D eigenvalue weighted by Gasteiger charge is 2.24. The summed E-state index contributed by atoms with van der Waals surface area (Å²) in [6, 6.07) is 20.2. The number of aromatic nitrogens is 1. The molecule has 0 aliphatic carbocycles. The van der Waals surface area contributed by atoms with Crippen LogP contribution in [-0.4, -0.2) is 35.0 Å². The van der Waals surface area contributed by atoms with Crippen molar-refractivity contribution >= 4 is 22.7 Å². The number of nitrogens with two attached hydrogens (primary N) is 1. The van der Waals surface area contributed by atoms with Crippen LogP contribution in [0.5, 0.6) is 11.5 Å². The summed E-state index contributed by atoms with van der Waals surface area (Å²) in [5.41, 5.74) is 9.98. The first-order chi connectivity index (χ1) is 16.1. The van der Waals surface area contributed by atoms with Crippen molar-refractivity contribution in [3.63, 3.8) is 0 Å². The van der Waals surface area contributed by atoms with Gasteiger partial charge in [0.25, 0.3) is 11.8 Å². The third-order valence-electron chi connectivity index (χ3n) is 5.66. The zero-order valence-electron chi connectivity index (χ0n) is 17.6. The summed E-state index contributed by atoms with van der Waals surface area (Å²) in [6.45, 7) is 0.171. The van der Waals surface area contributed by atoms with Gasteiger partial charge in [-0.1, -0.05) is 30.3 Å². The summed E-state index contributed by atoms with van der Waals surface area (Å²) < 4.78 is 13.0. The van der Waals surface area contributed by atoms with Crippen molar-refractivity contribution in [3.8, 4) is 22.8 Å². The van der Waals surface area contributed by atoms with Gasteiger partial charge >= 0.3 is 0 Å². The molecule has 0 radical (unpaired) electrons. The van der Waals surface area contributed by atoms with Crippen molar-refractivity contribution in [2.24, 2.45) is 5.73 Å². The van der Waals surface area contributed by atoms with Crippen LogP contribution in [0, 0.1) is 0 Å². The first kappa shape index (κ1) is 20.6. The molecule has 0 bridgehead atoms. The van der Waals surface area contributed by atoms with Gasteiger partial charge in [-0.25, -0.2) is 0 Å². The van der Waals surface area contributed by atoms with Crippen LogP contribution in [0.4, 0.5) is 0 Å². The van der Waals surface area contributed by atoms with E-state index in [2.05, 4.69) is 5.32 Å². The van der Waals surface area contributed by atoms with Crippen molar-refractivity contribution in [2.45, 2.75) is 6.54 Å². The summed E-state index contributed by atoms with van der Waals surface area (Å²) >= 11 is 0. The third kappa shape index (κ3) is 3.66. The van der Waals surface area contributed by atoms with E-state index in [4.69, 9.17) is 20.3 Å². The zero-order valence-corrected chi connectivity index (χ0v) is 17.6. The Hall–Kier alpha value is -4.30. The highest BCUT2D eigenvalue weighted by molar-refractivity contribution is 6.12. The topological polar surface area (TPSA) is 116 Å². The first-order valence-electron chi connectivity index (χ1n) is 10.4. The maximum absolute atomic E-state index is 12.6. The molecule has 0 fully saturated rings. The molecule has 8 heteroatoms. The molecule has 0 spiro atoms. The summed E-state index contributed by atoms with van der Waals surface area (Å²) in [5.74, 6) is 0.388. The Labute approximate surface area is 189 Å². The van der Waals surface area contributed by atoms with Gasteiger partial charge in [0.05, 0.1) is 11.3 Å². The van der Waals surface area contributed by atoms with Crippen LogP contribution < -0.4 is 20.5 Å². The number of fused-ring (bicyclic) bond motifs is 2. The van der Waals surface area contributed by atoms with E-state index in [0.717, 1.165) is 22.0 Å². The number of hydrogen-bond acceptors (Lipinski definition) is 5. The van der Waals surface area contributed by atoms with Crippen molar-refractivity contribution in [3.05, 3.63) is 83.4 Å². The minimum Gasteiger partial charge on any atom is -0.454 e. The van der Waals surface area contributed by atoms with Crippen molar-refractivity contribution in [2.75, 3.05) is 13.5 Å². The minimum absolute atomic E-state index is 0.153. The molecule has 8 nitrogen and oxygen atoms in total. The highest BCUT2D eigenvalue weighted by atomic mass is 16.7. The molecular weight excluding hydrogens is 422 g/mol. The Balaban J connectivity index is 1.64. The second kappa shape index (κ2) is 8.33. The van der Waals surface area contributed by atoms with E-state index in [-0.39, 0.29) is 12.7 Å². The van der Waals surface area contributed by atoms with Gasteiger partial charge < -0.3 is 30.2 Å². The maximum Gasteiger partial charge on any atom is 0.253 e. The molecule has 0 saturated carbocycles. The lowest BCUT2D eigenvalue weighted by Crippen LogP contribution is -2.23. The number of carbonyl (C=O) groups excluding carboxylic acids is 2. The molecule has 1 aliphatic rings. The van der Waals surface area contributed by atoms with Crippen LogP contribution in [0.25, 0.3) is 22.2 Å². The van der Waals surface area contributed by atoms with Crippen LogP contribution in [-0.2, 0) is 6.54 Å². The van der Waals surface area contributed by atoms with Crippen molar-refractivity contribution in [1.29, 1.82) is 0 Å². The molecule has 2 amide bonds. The van der Waals surface area contributed by atoms with E-state index in [1.54, 1.807) is 12.1 Å². The largest absolute Gasteiger partial charge is 0.454 e. The molecule has 3 aromatic carbocycles. The number of ether oxygens (including phenoxy) is 2. The molecule has 33 heavy (non-hydrogen) atoms. The lowest BCUT2D eigenvalue weighted by atomic mass is 10.0. The van der Waals surface area contributed by atoms with E-state index >= 15 is 0 Å². The number of aliphatic hydroxyl groups is 1. The molecule has 4 aromatic rings. The van der Waals surface area contributed by atoms with Gasteiger partial charge in [0.1, 0.15) is 6.73 Å². The van der Waals surface area contributed by atoms with Crippen molar-refractivity contribution < 1.29 is 24.2 Å². The van der Waals surface area contributed by atoms with Gasteiger partial charge in [-0.3, -0.25) is 9.59 Å². The standard InChI is InChI=1S/C25H21N3O5/c26-24(30)22-18-3-1-2-4-19(18)28(12-15-5-7-16(8-6-15)25(31)27-13-29)23(22)17-9-10-20-21(11-17)33-14-32-20/h1-11,29H,12-14H2,(H2,26,30)(H,27,31). The van der Waals surface area contributed by atoms with E-state index in [1.807, 2.05) is 59.2 Å². The number of nitrogens with zero attached hydrogens (tertiary/aromatic N) is 1. The minimum atomic E-state index is -0.520. The van der Waals surface area contributed by atoms with Gasteiger partial charge in [-0.15, -0.1) is 0 Å². The Morgan fingerprint density at radius 2 is 1.76 bits per heavy atom. The maximum atomic E-state index is 12.6. The summed E-state index contributed by atoms with van der Waals surface area (Å²) in [4.78, 5) is 24.5. The number of carbonyl (C=O) groups is 2. The fourth-order valence-electron chi connectivity index (χ4n) is 4.18. The van der Waals surface area contributed by atoms with Crippen LogP contribution in [0.2, 0.25) is 0 Å². The number of para-hydroxylation sites is 1. The monoisotopic (exact) mass is 443 g/mol. The molecule has 1 aliphatic heterocycles. The number of nitrogens with one attached hydrogen (secondary N) is 1. The number of hydrogen-bond donors (Lipinski definition) is 3. The summed E-state index contributed by atoms with van der Waals surface area (Å²) in [7, 11) is 0. The van der Waals surface area contributed by atoms with Gasteiger partial charge in [-0.05, 0) is 42.0 Å². The fourth-order valence-corrected chi connectivity index (χ4v) is 4.18. The number of amides is 2. The highest BCUT2D eigenvalue weighted by Crippen LogP contribution is 2.40. The lowest BCUT2D eigenvalue weighted by molar-refractivity contribution is 0.0909. The van der Waals surface area contributed by atoms with Crippen molar-refractivity contribution in [1.82, 2.24) is 9.88 Å². The molecule has 0 saturated heterocycles. The third-order valence-corrected chi connectivity index (χ3v) is 5.66. The van der Waals surface area contributed by atoms with E-state index in [1.165, 1.54) is 0 Å². The molecule has 166 valence electrons. The second-order valence-corrected chi connectivity index (χ2v) is 7.62. The van der Waals surface area contributed by atoms with E-state index < -0.39 is 12.6 Å². The molecule has 0 atom stereocenters. The molecule has 5 rings (SSSR count). The second-order valence-electron chi connectivity index (χ2n) is 7.62. The van der Waals surface area contributed by atoms with Crippen LogP contribution in [0.15, 0.2) is 66.7 Å². The SMILES string of the molecule is NC(=O)c1c(-c2ccc3c(c2)OCO3)n(Cc2ccc(C(=O)NCO)cc2)c2ccccc12. The Kier molecular flexibility index (Phi) is 5.20. The number of rotatable bonds is 6. The zero-order chi connectivity index (χ0) is 22.9. The van der Waals surface area contributed by atoms with E-state index in [9.17, 15) is 9.59 Å². The molecule has 2 heterocycles. The van der Waals surface area contributed by atoms with E-state index in [0.29, 0.717) is 34.9 Å².